The van der Waals surface area contributed by atoms with E-state index in [1.165, 1.54) is 13.2 Å². The highest BCUT2D eigenvalue weighted by molar-refractivity contribution is 5.45. The van der Waals surface area contributed by atoms with Gasteiger partial charge in [0.25, 0.3) is 0 Å². The first-order valence-electron chi connectivity index (χ1n) is 6.12. The zero-order valence-electron chi connectivity index (χ0n) is 11.3. The summed E-state index contributed by atoms with van der Waals surface area (Å²) in [7, 11) is 1.47. The van der Waals surface area contributed by atoms with E-state index in [0.717, 1.165) is 11.1 Å². The molecule has 2 rings (SSSR count). The summed E-state index contributed by atoms with van der Waals surface area (Å²) in [6.07, 6.45) is -1.03. The third-order valence-electron chi connectivity index (χ3n) is 3.45. The van der Waals surface area contributed by atoms with Gasteiger partial charge in [0.15, 0.2) is 0 Å². The lowest BCUT2D eigenvalue weighted by molar-refractivity contribution is 0.208. The summed E-state index contributed by atoms with van der Waals surface area (Å²) in [4.78, 5) is 0. The molecule has 2 nitrogen and oxygen atoms in total. The Morgan fingerprint density at radius 3 is 2.47 bits per heavy atom. The van der Waals surface area contributed by atoms with Crippen LogP contribution in [0.4, 0.5) is 4.39 Å². The predicted molar refractivity (Wildman–Crippen MR) is 72.9 cm³/mol. The smallest absolute Gasteiger partial charge is 0.133 e. The summed E-state index contributed by atoms with van der Waals surface area (Å²) in [5, 5.41) is 10.5. The van der Waals surface area contributed by atoms with Gasteiger partial charge in [-0.25, -0.2) is 4.39 Å². The predicted octanol–water partition coefficient (Wildman–Crippen LogP) is 3.53. The molecule has 19 heavy (non-hydrogen) atoms. The number of halogens is 1. The molecule has 0 bridgehead atoms. The Hall–Kier alpha value is -1.87. The zero-order chi connectivity index (χ0) is 14.0. The quantitative estimate of drug-likeness (QED) is 0.914. The van der Waals surface area contributed by atoms with Crippen LogP contribution in [-0.2, 0) is 0 Å². The molecular weight excluding hydrogens is 243 g/mol. The number of benzene rings is 2. The van der Waals surface area contributed by atoms with Crippen molar-refractivity contribution in [2.24, 2.45) is 0 Å². The largest absolute Gasteiger partial charge is 0.496 e. The number of rotatable bonds is 3. The van der Waals surface area contributed by atoms with Crippen LogP contribution in [0, 0.1) is 19.7 Å². The van der Waals surface area contributed by atoms with E-state index in [9.17, 15) is 9.50 Å². The number of aliphatic hydroxyl groups is 1. The van der Waals surface area contributed by atoms with Crippen LogP contribution in [0.5, 0.6) is 5.75 Å². The molecule has 0 radical (unpaired) electrons. The van der Waals surface area contributed by atoms with E-state index in [1.54, 1.807) is 18.2 Å². The van der Waals surface area contributed by atoms with Crippen LogP contribution in [0.15, 0.2) is 36.4 Å². The van der Waals surface area contributed by atoms with Crippen molar-refractivity contribution < 1.29 is 14.2 Å². The number of hydrogen-bond acceptors (Lipinski definition) is 2. The summed E-state index contributed by atoms with van der Waals surface area (Å²) in [5.41, 5.74) is 2.90. The molecule has 0 heterocycles. The summed E-state index contributed by atoms with van der Waals surface area (Å²) in [5.74, 6) is -0.110. The standard InChI is InChI=1S/C16H17FO2/c1-10-6-4-7-12(11(10)2)16(18)15-13(17)8-5-9-14(15)19-3/h4-9,16,18H,1-3H3. The summed E-state index contributed by atoms with van der Waals surface area (Å²) in [6, 6.07) is 10.2. The van der Waals surface area contributed by atoms with Crippen LogP contribution in [0.25, 0.3) is 0 Å². The lowest BCUT2D eigenvalue weighted by atomic mass is 9.94. The molecule has 100 valence electrons. The lowest BCUT2D eigenvalue weighted by Crippen LogP contribution is -2.07. The Labute approximate surface area is 112 Å². The van der Waals surface area contributed by atoms with Gasteiger partial charge in [-0.15, -0.1) is 0 Å². The second-order valence-corrected chi connectivity index (χ2v) is 4.55. The van der Waals surface area contributed by atoms with E-state index >= 15 is 0 Å². The number of ether oxygens (including phenoxy) is 1. The minimum atomic E-state index is -1.03. The fourth-order valence-corrected chi connectivity index (χ4v) is 2.19. The molecule has 1 atom stereocenters. The first-order valence-corrected chi connectivity index (χ1v) is 6.12. The Morgan fingerprint density at radius 2 is 1.79 bits per heavy atom. The number of hydrogen-bond donors (Lipinski definition) is 1. The van der Waals surface area contributed by atoms with Gasteiger partial charge >= 0.3 is 0 Å². The Morgan fingerprint density at radius 1 is 1.11 bits per heavy atom. The molecule has 2 aromatic carbocycles. The van der Waals surface area contributed by atoms with Crippen molar-refractivity contribution in [2.75, 3.05) is 7.11 Å². The van der Waals surface area contributed by atoms with Crippen molar-refractivity contribution in [3.63, 3.8) is 0 Å². The second kappa shape index (κ2) is 5.41. The zero-order valence-corrected chi connectivity index (χ0v) is 11.3. The molecule has 0 saturated heterocycles. The minimum absolute atomic E-state index is 0.179. The van der Waals surface area contributed by atoms with Crippen LogP contribution in [0.2, 0.25) is 0 Å². The average molecular weight is 260 g/mol. The van der Waals surface area contributed by atoms with E-state index < -0.39 is 11.9 Å². The molecular formula is C16H17FO2. The van der Waals surface area contributed by atoms with Gasteiger partial charge in [0, 0.05) is 0 Å². The molecule has 0 amide bonds. The van der Waals surface area contributed by atoms with Crippen LogP contribution >= 0.6 is 0 Å². The highest BCUT2D eigenvalue weighted by atomic mass is 19.1. The van der Waals surface area contributed by atoms with Gasteiger partial charge in [0.2, 0.25) is 0 Å². The van der Waals surface area contributed by atoms with E-state index in [1.807, 2.05) is 26.0 Å². The fourth-order valence-electron chi connectivity index (χ4n) is 2.19. The van der Waals surface area contributed by atoms with Gasteiger partial charge < -0.3 is 9.84 Å². The topological polar surface area (TPSA) is 29.5 Å². The summed E-state index contributed by atoms with van der Waals surface area (Å²) >= 11 is 0. The highest BCUT2D eigenvalue weighted by Crippen LogP contribution is 2.34. The van der Waals surface area contributed by atoms with Crippen molar-refractivity contribution >= 4 is 0 Å². The van der Waals surface area contributed by atoms with Gasteiger partial charge in [-0.3, -0.25) is 0 Å². The molecule has 0 aliphatic carbocycles. The molecule has 0 aromatic heterocycles. The molecule has 0 spiro atoms. The maximum atomic E-state index is 14.0. The molecule has 0 aliphatic heterocycles. The Kier molecular flexibility index (Phi) is 3.86. The van der Waals surface area contributed by atoms with Crippen molar-refractivity contribution in [3.8, 4) is 5.75 Å². The summed E-state index contributed by atoms with van der Waals surface area (Å²) < 4.78 is 19.1. The SMILES string of the molecule is COc1cccc(F)c1C(O)c1cccc(C)c1C. The third-order valence-corrected chi connectivity index (χ3v) is 3.45. The Balaban J connectivity index is 2.56. The van der Waals surface area contributed by atoms with Gasteiger partial charge in [-0.05, 0) is 42.7 Å². The first-order chi connectivity index (χ1) is 9.06. The fraction of sp³-hybridized carbons (Fsp3) is 0.250. The van der Waals surface area contributed by atoms with Crippen LogP contribution in [0.3, 0.4) is 0 Å². The molecule has 1 N–H and O–H groups in total. The summed E-state index contributed by atoms with van der Waals surface area (Å²) in [6.45, 7) is 3.88. The molecule has 0 fully saturated rings. The molecule has 0 aliphatic rings. The second-order valence-electron chi connectivity index (χ2n) is 4.55. The van der Waals surface area contributed by atoms with Gasteiger partial charge in [0.1, 0.15) is 17.7 Å². The van der Waals surface area contributed by atoms with Crippen molar-refractivity contribution in [1.82, 2.24) is 0 Å². The molecule has 3 heteroatoms. The van der Waals surface area contributed by atoms with Gasteiger partial charge in [-0.2, -0.15) is 0 Å². The molecule has 0 saturated carbocycles. The first kappa shape index (κ1) is 13.6. The maximum absolute atomic E-state index is 14.0. The van der Waals surface area contributed by atoms with E-state index in [0.29, 0.717) is 11.3 Å². The van der Waals surface area contributed by atoms with Crippen LogP contribution < -0.4 is 4.74 Å². The normalized spacial score (nSPS) is 12.3. The third kappa shape index (κ3) is 2.47. The minimum Gasteiger partial charge on any atom is -0.496 e. The number of methoxy groups -OCH3 is 1. The molecule has 2 aromatic rings. The van der Waals surface area contributed by atoms with Gasteiger partial charge in [0.05, 0.1) is 12.7 Å². The van der Waals surface area contributed by atoms with E-state index in [2.05, 4.69) is 0 Å². The van der Waals surface area contributed by atoms with Crippen molar-refractivity contribution in [2.45, 2.75) is 20.0 Å². The average Bonchev–Trinajstić information content (AvgIpc) is 2.40. The van der Waals surface area contributed by atoms with Crippen LogP contribution in [-0.4, -0.2) is 12.2 Å². The highest BCUT2D eigenvalue weighted by Gasteiger charge is 2.21. The van der Waals surface area contributed by atoms with Crippen molar-refractivity contribution in [1.29, 1.82) is 0 Å². The van der Waals surface area contributed by atoms with Crippen LogP contribution in [0.1, 0.15) is 28.4 Å². The van der Waals surface area contributed by atoms with Crippen molar-refractivity contribution in [3.05, 3.63) is 64.5 Å². The number of aliphatic hydroxyl groups excluding tert-OH is 1. The number of aryl methyl sites for hydroxylation is 1. The van der Waals surface area contributed by atoms with E-state index in [-0.39, 0.29) is 5.56 Å². The maximum Gasteiger partial charge on any atom is 0.133 e. The van der Waals surface area contributed by atoms with E-state index in [4.69, 9.17) is 4.74 Å². The Bertz CT molecular complexity index is 593. The molecule has 1 unspecified atom stereocenters. The monoisotopic (exact) mass is 260 g/mol. The lowest BCUT2D eigenvalue weighted by Gasteiger charge is -2.18. The van der Waals surface area contributed by atoms with Gasteiger partial charge in [-0.1, -0.05) is 24.3 Å².